The average molecular weight is 586 g/mol. The fraction of sp³-hybridized carbons (Fsp3) is 0.0938. The maximum Gasteiger partial charge on any atom is 0.295 e. The van der Waals surface area contributed by atoms with Crippen molar-refractivity contribution in [3.05, 3.63) is 149 Å². The molecule has 1 N–H and O–H groups in total. The number of nitrogens with one attached hydrogen (secondary N) is 1. The van der Waals surface area contributed by atoms with Gasteiger partial charge < -0.3 is 5.32 Å². The molecule has 1 heterocycles. The number of para-hydroxylation sites is 1. The Labute approximate surface area is 235 Å². The van der Waals surface area contributed by atoms with Crippen LogP contribution in [0.2, 0.25) is 0 Å². The number of nitrogens with zero attached hydrogens (tertiary/aromatic N) is 2. The van der Waals surface area contributed by atoms with Gasteiger partial charge in [0.15, 0.2) is 0 Å². The van der Waals surface area contributed by atoms with Gasteiger partial charge in [0.1, 0.15) is 28.9 Å². The Morgan fingerprint density at radius 1 is 0.711 bits per heavy atom. The van der Waals surface area contributed by atoms with E-state index in [9.17, 15) is 4.79 Å². The molecule has 5 rings (SSSR count). The third-order valence-electron chi connectivity index (χ3n) is 6.75. The Bertz CT molecular complexity index is 1480. The minimum atomic E-state index is -2.18. The summed E-state index contributed by atoms with van der Waals surface area (Å²) in [5, 5.41) is 7.30. The first-order valence-corrected chi connectivity index (χ1v) is 14.2. The summed E-state index contributed by atoms with van der Waals surface area (Å²) in [6, 6.07) is 41.8. The Morgan fingerprint density at radius 3 is 1.53 bits per heavy atom. The second-order valence-corrected chi connectivity index (χ2v) is 12.4. The molecule has 192 valence electrons. The van der Waals surface area contributed by atoms with Gasteiger partial charge in [0.25, 0.3) is 5.56 Å². The Hall–Kier alpha value is -3.66. The summed E-state index contributed by atoms with van der Waals surface area (Å²) in [6.45, 7) is 4.03. The van der Waals surface area contributed by atoms with Gasteiger partial charge in [-0.2, -0.15) is 0 Å². The van der Waals surface area contributed by atoms with Crippen molar-refractivity contribution < 1.29 is 0 Å². The summed E-state index contributed by atoms with van der Waals surface area (Å²) in [5.41, 5.74) is 3.18. The molecule has 0 aliphatic rings. The standard InChI is InChI=1S/C32H31N3OP.BrH/c1-25(33-31-26(2)34(3)35(32(31)36)27-16-8-4-9-17-27)24-37(28-18-10-5-11-19-28,29-20-12-6-13-21-29)30-22-14-7-15-23-30;/h4-24,33H,1-3H3;1H/q+1;/b25-24+;. The highest BCUT2D eigenvalue weighted by Crippen LogP contribution is 2.57. The molecule has 4 aromatic carbocycles. The molecule has 38 heavy (non-hydrogen) atoms. The number of anilines is 1. The van der Waals surface area contributed by atoms with Crippen LogP contribution in [0.1, 0.15) is 12.6 Å². The van der Waals surface area contributed by atoms with Gasteiger partial charge in [-0.1, -0.05) is 72.8 Å². The number of aromatic nitrogens is 2. The number of hydrogen-bond donors (Lipinski definition) is 1. The van der Waals surface area contributed by atoms with Crippen molar-refractivity contribution in [2.75, 3.05) is 5.32 Å². The highest BCUT2D eigenvalue weighted by atomic mass is 79.9. The Morgan fingerprint density at radius 2 is 1.11 bits per heavy atom. The van der Waals surface area contributed by atoms with E-state index < -0.39 is 7.26 Å². The number of hydrogen-bond acceptors (Lipinski definition) is 2. The molecule has 0 saturated heterocycles. The van der Waals surface area contributed by atoms with Crippen LogP contribution < -0.4 is 26.8 Å². The molecule has 0 aliphatic carbocycles. The van der Waals surface area contributed by atoms with Crippen LogP contribution in [0.4, 0.5) is 5.69 Å². The number of rotatable bonds is 7. The van der Waals surface area contributed by atoms with Gasteiger partial charge in [0, 0.05) is 12.7 Å². The lowest BCUT2D eigenvalue weighted by Gasteiger charge is -2.25. The zero-order chi connectivity index (χ0) is 25.8. The molecule has 0 bridgehead atoms. The van der Waals surface area contributed by atoms with E-state index in [1.807, 2.05) is 49.0 Å². The molecular formula is C32H32BrN3OP+. The maximum atomic E-state index is 13.6. The molecule has 0 atom stereocenters. The van der Waals surface area contributed by atoms with Gasteiger partial charge >= 0.3 is 0 Å². The highest BCUT2D eigenvalue weighted by Gasteiger charge is 2.44. The monoisotopic (exact) mass is 584 g/mol. The highest BCUT2D eigenvalue weighted by molar-refractivity contribution is 8.93. The molecule has 0 spiro atoms. The van der Waals surface area contributed by atoms with Crippen molar-refractivity contribution >= 4 is 45.8 Å². The second kappa shape index (κ2) is 11.8. The van der Waals surface area contributed by atoms with Crippen LogP contribution in [0.5, 0.6) is 0 Å². The van der Waals surface area contributed by atoms with Crippen LogP contribution in [0.15, 0.2) is 138 Å². The molecule has 4 nitrogen and oxygen atoms in total. The lowest BCUT2D eigenvalue weighted by Crippen LogP contribution is -2.30. The lowest BCUT2D eigenvalue weighted by molar-refractivity contribution is 0.630. The Kier molecular flexibility index (Phi) is 8.51. The summed E-state index contributed by atoms with van der Waals surface area (Å²) >= 11 is 0. The van der Waals surface area contributed by atoms with E-state index in [1.54, 1.807) is 4.68 Å². The van der Waals surface area contributed by atoms with Gasteiger partial charge in [-0.25, -0.2) is 4.68 Å². The Balaban J connectivity index is 0.00000336. The molecule has 0 unspecified atom stereocenters. The van der Waals surface area contributed by atoms with Crippen molar-refractivity contribution in [1.29, 1.82) is 0 Å². The minimum absolute atomic E-state index is 0. The van der Waals surface area contributed by atoms with Gasteiger partial charge in [-0.3, -0.25) is 9.48 Å². The summed E-state index contributed by atoms with van der Waals surface area (Å²) in [6.07, 6.45) is 0. The fourth-order valence-corrected chi connectivity index (χ4v) is 8.81. The summed E-state index contributed by atoms with van der Waals surface area (Å²) in [4.78, 5) is 13.6. The normalized spacial score (nSPS) is 11.6. The first kappa shape index (κ1) is 27.4. The van der Waals surface area contributed by atoms with E-state index in [2.05, 4.69) is 109 Å². The van der Waals surface area contributed by atoms with Crippen LogP contribution in [0.25, 0.3) is 5.69 Å². The second-order valence-electron chi connectivity index (χ2n) is 9.10. The van der Waals surface area contributed by atoms with Crippen molar-refractivity contribution in [2.24, 2.45) is 7.05 Å². The van der Waals surface area contributed by atoms with Crippen molar-refractivity contribution in [1.82, 2.24) is 9.36 Å². The number of benzene rings is 4. The van der Waals surface area contributed by atoms with Gasteiger partial charge in [-0.05, 0) is 62.4 Å². The molecule has 1 aromatic heterocycles. The third kappa shape index (κ3) is 5.05. The molecule has 0 saturated carbocycles. The van der Waals surface area contributed by atoms with Crippen molar-refractivity contribution in [3.63, 3.8) is 0 Å². The van der Waals surface area contributed by atoms with Crippen LogP contribution in [0, 0.1) is 6.92 Å². The molecule has 0 fully saturated rings. The van der Waals surface area contributed by atoms with Crippen molar-refractivity contribution in [3.8, 4) is 5.69 Å². The quantitative estimate of drug-likeness (QED) is 0.227. The first-order chi connectivity index (χ1) is 18.0. The number of halogens is 1. The van der Waals surface area contributed by atoms with E-state index in [1.165, 1.54) is 15.9 Å². The fourth-order valence-electron chi connectivity index (χ4n) is 4.89. The SMILES string of the molecule is Br.C/C(=C\[P+](c1ccccc1)(c1ccccc1)c1ccccc1)Nc1c(C)n(C)n(-c2ccccc2)c1=O. The molecular weight excluding hydrogens is 553 g/mol. The summed E-state index contributed by atoms with van der Waals surface area (Å²) < 4.78 is 3.61. The smallest absolute Gasteiger partial charge is 0.295 e. The average Bonchev–Trinajstić information content (AvgIpc) is 3.16. The summed E-state index contributed by atoms with van der Waals surface area (Å²) in [5.74, 6) is 2.35. The predicted octanol–water partition coefficient (Wildman–Crippen LogP) is 6.33. The zero-order valence-corrected chi connectivity index (χ0v) is 24.4. The predicted molar refractivity (Wildman–Crippen MR) is 169 cm³/mol. The van der Waals surface area contributed by atoms with Crippen LogP contribution in [-0.2, 0) is 7.05 Å². The van der Waals surface area contributed by atoms with E-state index in [4.69, 9.17) is 0 Å². The van der Waals surface area contributed by atoms with Gasteiger partial charge in [0.2, 0.25) is 0 Å². The molecule has 6 heteroatoms. The maximum absolute atomic E-state index is 13.6. The van der Waals surface area contributed by atoms with E-state index in [-0.39, 0.29) is 22.5 Å². The van der Waals surface area contributed by atoms with E-state index >= 15 is 0 Å². The molecule has 0 aliphatic heterocycles. The lowest BCUT2D eigenvalue weighted by atomic mass is 10.3. The van der Waals surface area contributed by atoms with Gasteiger partial charge in [-0.15, -0.1) is 17.0 Å². The van der Waals surface area contributed by atoms with Crippen LogP contribution in [0.3, 0.4) is 0 Å². The number of allylic oxidation sites excluding steroid dienone is 1. The zero-order valence-electron chi connectivity index (χ0n) is 21.8. The first-order valence-electron chi connectivity index (χ1n) is 12.4. The molecule has 0 amide bonds. The largest absolute Gasteiger partial charge is 0.350 e. The van der Waals surface area contributed by atoms with Crippen LogP contribution >= 0.6 is 24.2 Å². The topological polar surface area (TPSA) is 39.0 Å². The van der Waals surface area contributed by atoms with E-state index in [0.717, 1.165) is 17.1 Å². The molecule has 5 aromatic rings. The molecule has 0 radical (unpaired) electrons. The van der Waals surface area contributed by atoms with E-state index in [0.29, 0.717) is 5.69 Å². The summed E-state index contributed by atoms with van der Waals surface area (Å²) in [7, 11) is -0.260. The van der Waals surface area contributed by atoms with Crippen molar-refractivity contribution in [2.45, 2.75) is 13.8 Å². The van der Waals surface area contributed by atoms with Gasteiger partial charge in [0.05, 0.1) is 17.2 Å². The van der Waals surface area contributed by atoms with Crippen LogP contribution in [-0.4, -0.2) is 9.36 Å². The third-order valence-corrected chi connectivity index (χ3v) is 10.9. The minimum Gasteiger partial charge on any atom is -0.350 e.